The molecule has 14 rings (SSSR count). The molecule has 1 atom stereocenters. The molecule has 370 valence electrons. The Bertz CT molecular complexity index is 4170. The number of fused-ring (bicyclic) bond motifs is 7. The van der Waals surface area contributed by atoms with E-state index < -0.39 is 0 Å². The summed E-state index contributed by atoms with van der Waals surface area (Å²) in [7, 11) is 0. The number of hydrogen-bond acceptors (Lipinski definition) is 0. The van der Waals surface area contributed by atoms with Crippen LogP contribution >= 0.6 is 0 Å². The summed E-state index contributed by atoms with van der Waals surface area (Å²) in [5, 5.41) is 5.19. The van der Waals surface area contributed by atoms with E-state index in [4.69, 9.17) is 0 Å². The van der Waals surface area contributed by atoms with Crippen LogP contribution in [0.15, 0.2) is 285 Å². The predicted octanol–water partition coefficient (Wildman–Crippen LogP) is 20.7. The molecule has 0 aliphatic heterocycles. The molecule has 11 aromatic carbocycles. The molecule has 0 saturated heterocycles. The number of nitrogens with zero attached hydrogens (tertiary/aromatic N) is 1. The maximum Gasteiger partial charge on any atom is 0.0541 e. The van der Waals surface area contributed by atoms with Crippen molar-refractivity contribution in [3.05, 3.63) is 318 Å². The Morgan fingerprint density at radius 3 is 1.61 bits per heavy atom. The van der Waals surface area contributed by atoms with E-state index >= 15 is 0 Å². The topological polar surface area (TPSA) is 4.93 Å². The van der Waals surface area contributed by atoms with Crippen LogP contribution in [0.4, 0.5) is 0 Å². The van der Waals surface area contributed by atoms with Crippen molar-refractivity contribution in [1.29, 1.82) is 0 Å². The lowest BCUT2D eigenvalue weighted by Gasteiger charge is -2.19. The third-order valence-electron chi connectivity index (χ3n) is 15.3. The highest BCUT2D eigenvalue weighted by atomic mass is 15.0. The van der Waals surface area contributed by atoms with E-state index in [2.05, 4.69) is 311 Å². The fourth-order valence-electron chi connectivity index (χ4n) is 11.2. The monoisotopic (exact) mass is 987 g/mol. The minimum atomic E-state index is 0.608. The van der Waals surface area contributed by atoms with Gasteiger partial charge in [0.15, 0.2) is 0 Å². The van der Waals surface area contributed by atoms with Crippen molar-refractivity contribution in [2.75, 3.05) is 0 Å². The number of aromatic nitrogens is 1. The minimum absolute atomic E-state index is 0.608. The van der Waals surface area contributed by atoms with Crippen molar-refractivity contribution in [3.8, 4) is 50.2 Å². The smallest absolute Gasteiger partial charge is 0.0541 e. The van der Waals surface area contributed by atoms with Gasteiger partial charge in [0.1, 0.15) is 0 Å². The third kappa shape index (κ3) is 10.0. The van der Waals surface area contributed by atoms with Crippen LogP contribution < -0.4 is 0 Å². The fourth-order valence-corrected chi connectivity index (χ4v) is 11.2. The number of allylic oxidation sites excluding steroid dienone is 5. The zero-order valence-corrected chi connectivity index (χ0v) is 44.3. The van der Waals surface area contributed by atoms with Gasteiger partial charge in [0.05, 0.1) is 11.0 Å². The molecule has 1 heterocycles. The first-order valence-corrected chi connectivity index (χ1v) is 27.0. The standard InChI is InChI=1S/C37H27N.C28H24.C11H10/c1-26-11-13-28(14-12-26)29-15-17-31(18-16-29)32-21-24-37-35(25-32)34-9-5-6-10-36(34)38(37)33-22-19-30(20-23-33)27-7-3-2-4-8-27;1-19-12-15-22(16-13-19)27(21-8-4-3-5-9-21)28-25-11-7-6-10-23(25)24-17-14-20(2)18-26(24)28;1-9-6-7-10-4-2-3-5-11(10)8-9/h2-25H,1H3;3-12,14-19H,13H2,1-2H3;2-8H,1H3/b;28-27+;. The number of rotatable bonds is 6. The molecular formula is C76H61N. The highest BCUT2D eigenvalue weighted by Crippen LogP contribution is 2.50. The van der Waals surface area contributed by atoms with Crippen LogP contribution in [0.2, 0.25) is 0 Å². The summed E-state index contributed by atoms with van der Waals surface area (Å²) in [5.41, 5.74) is 25.7. The first-order chi connectivity index (χ1) is 37.8. The van der Waals surface area contributed by atoms with Crippen LogP contribution in [0.1, 0.15) is 46.7 Å². The van der Waals surface area contributed by atoms with Crippen LogP contribution in [-0.4, -0.2) is 4.57 Å². The Hall–Kier alpha value is -9.30. The average Bonchev–Trinajstić information content (AvgIpc) is 4.00. The molecule has 2 aliphatic carbocycles. The molecule has 1 heteroatoms. The Kier molecular flexibility index (Phi) is 13.6. The summed E-state index contributed by atoms with van der Waals surface area (Å²) < 4.78 is 2.38. The van der Waals surface area contributed by atoms with Crippen LogP contribution in [0.5, 0.6) is 0 Å². The maximum absolute atomic E-state index is 2.41. The second-order valence-corrected chi connectivity index (χ2v) is 20.7. The summed E-state index contributed by atoms with van der Waals surface area (Å²) >= 11 is 0. The van der Waals surface area contributed by atoms with E-state index in [0.29, 0.717) is 5.92 Å². The lowest BCUT2D eigenvalue weighted by Crippen LogP contribution is -2.00. The van der Waals surface area contributed by atoms with Crippen LogP contribution in [0.25, 0.3) is 93.9 Å². The molecule has 1 unspecified atom stereocenters. The summed E-state index contributed by atoms with van der Waals surface area (Å²) in [6.45, 7) is 8.71. The molecule has 0 amide bonds. The van der Waals surface area contributed by atoms with Crippen molar-refractivity contribution >= 4 is 43.7 Å². The molecule has 1 nitrogen and oxygen atoms in total. The summed E-state index contributed by atoms with van der Waals surface area (Å²) in [5.74, 6) is 0.608. The van der Waals surface area contributed by atoms with E-state index in [1.54, 1.807) is 0 Å². The first kappa shape index (κ1) is 48.6. The lowest BCUT2D eigenvalue weighted by atomic mass is 9.84. The molecule has 0 N–H and O–H groups in total. The summed E-state index contributed by atoms with van der Waals surface area (Å²) in [6, 6.07) is 94.1. The van der Waals surface area contributed by atoms with E-state index in [9.17, 15) is 0 Å². The molecule has 77 heavy (non-hydrogen) atoms. The zero-order chi connectivity index (χ0) is 52.2. The number of benzene rings is 11. The molecule has 0 radical (unpaired) electrons. The number of para-hydroxylation sites is 1. The minimum Gasteiger partial charge on any atom is -0.309 e. The van der Waals surface area contributed by atoms with Crippen LogP contribution in [0, 0.1) is 26.7 Å². The quantitative estimate of drug-likeness (QED) is 0.156. The Labute approximate surface area is 454 Å². The summed E-state index contributed by atoms with van der Waals surface area (Å²) in [6.07, 6.45) is 8.17. The van der Waals surface area contributed by atoms with Gasteiger partial charge in [0.25, 0.3) is 0 Å². The van der Waals surface area contributed by atoms with Gasteiger partial charge in [0, 0.05) is 16.5 Å². The van der Waals surface area contributed by atoms with Gasteiger partial charge < -0.3 is 4.57 Å². The SMILES string of the molecule is Cc1ccc(-c2ccc(-c3ccc4c(c3)c3ccccc3n4-c3ccc(-c4ccccc4)cc3)cc2)cc1.Cc1ccc2c(c1)/C(=C(/C1=CCC(C)C=C1)c1ccccc1)c1ccccc1-2.Cc1ccc2ccccc2c1. The third-order valence-corrected chi connectivity index (χ3v) is 15.3. The fraction of sp³-hybridized carbons (Fsp3) is 0.0789. The zero-order valence-electron chi connectivity index (χ0n) is 44.3. The average molecular weight is 988 g/mol. The molecule has 0 bridgehead atoms. The highest BCUT2D eigenvalue weighted by Gasteiger charge is 2.28. The van der Waals surface area contributed by atoms with Gasteiger partial charge in [-0.15, -0.1) is 0 Å². The van der Waals surface area contributed by atoms with Crippen molar-refractivity contribution in [2.24, 2.45) is 5.92 Å². The second kappa shape index (κ2) is 21.5. The number of aryl methyl sites for hydroxylation is 3. The maximum atomic E-state index is 2.41. The van der Waals surface area contributed by atoms with Crippen molar-refractivity contribution < 1.29 is 0 Å². The van der Waals surface area contributed by atoms with Crippen molar-refractivity contribution in [3.63, 3.8) is 0 Å². The first-order valence-electron chi connectivity index (χ1n) is 27.0. The molecular weight excluding hydrogens is 927 g/mol. The second-order valence-electron chi connectivity index (χ2n) is 20.7. The van der Waals surface area contributed by atoms with E-state index in [0.717, 1.165) is 6.42 Å². The summed E-state index contributed by atoms with van der Waals surface area (Å²) in [4.78, 5) is 0. The molecule has 1 aromatic heterocycles. The predicted molar refractivity (Wildman–Crippen MR) is 330 cm³/mol. The van der Waals surface area contributed by atoms with Gasteiger partial charge in [-0.3, -0.25) is 0 Å². The molecule has 2 aliphatic rings. The van der Waals surface area contributed by atoms with Gasteiger partial charge in [-0.1, -0.05) is 272 Å². The van der Waals surface area contributed by atoms with Gasteiger partial charge in [-0.05, 0) is 152 Å². The Balaban J connectivity index is 0.000000133. The van der Waals surface area contributed by atoms with E-state index in [1.165, 1.54) is 133 Å². The normalized spacial score (nSPS) is 14.0. The highest BCUT2D eigenvalue weighted by molar-refractivity contribution is 6.14. The number of hydrogen-bond donors (Lipinski definition) is 0. The van der Waals surface area contributed by atoms with Crippen LogP contribution in [-0.2, 0) is 0 Å². The molecule has 0 saturated carbocycles. The van der Waals surface area contributed by atoms with Gasteiger partial charge in [-0.25, -0.2) is 0 Å². The van der Waals surface area contributed by atoms with E-state index in [1.807, 2.05) is 0 Å². The van der Waals surface area contributed by atoms with E-state index in [-0.39, 0.29) is 0 Å². The molecule has 0 fully saturated rings. The van der Waals surface area contributed by atoms with Gasteiger partial charge in [-0.2, -0.15) is 0 Å². The van der Waals surface area contributed by atoms with Crippen molar-refractivity contribution in [1.82, 2.24) is 4.57 Å². The molecule has 0 spiro atoms. The van der Waals surface area contributed by atoms with Gasteiger partial charge in [0.2, 0.25) is 0 Å². The molecule has 12 aromatic rings. The van der Waals surface area contributed by atoms with Crippen molar-refractivity contribution in [2.45, 2.75) is 34.1 Å². The van der Waals surface area contributed by atoms with Crippen LogP contribution in [0.3, 0.4) is 0 Å². The van der Waals surface area contributed by atoms with Gasteiger partial charge >= 0.3 is 0 Å². The lowest BCUT2D eigenvalue weighted by molar-refractivity contribution is 0.734. The largest absolute Gasteiger partial charge is 0.309 e. The Morgan fingerprint density at radius 2 is 0.896 bits per heavy atom. The Morgan fingerprint density at radius 1 is 0.377 bits per heavy atom.